The maximum Gasteiger partial charge on any atom is 0.241 e. The lowest BCUT2D eigenvalue weighted by Crippen LogP contribution is -2.28. The number of nitrogens with one attached hydrogen (secondary N) is 1. The van der Waals surface area contributed by atoms with Crippen LogP contribution in [-0.4, -0.2) is 32.7 Å². The lowest BCUT2D eigenvalue weighted by molar-refractivity contribution is -0.121. The monoisotopic (exact) mass is 341 g/mol. The number of rotatable bonds is 6. The molecule has 6 nitrogen and oxygen atoms in total. The number of carbonyl (C=O) groups is 1. The molecule has 2 rings (SSSR count). The lowest BCUT2D eigenvalue weighted by atomic mass is 10.1. The van der Waals surface area contributed by atoms with Crippen molar-refractivity contribution in [2.75, 3.05) is 6.54 Å². The number of hydrogen-bond donors (Lipinski definition) is 1. The largest absolute Gasteiger partial charge is 0.354 e. The van der Waals surface area contributed by atoms with Crippen LogP contribution in [0.1, 0.15) is 12.0 Å². The first kappa shape index (κ1) is 14.6. The van der Waals surface area contributed by atoms with Gasteiger partial charge in [0.05, 0.1) is 0 Å². The second-order valence-electron chi connectivity index (χ2n) is 4.20. The molecule has 2 aromatic rings. The van der Waals surface area contributed by atoms with E-state index in [1.165, 1.54) is 17.1 Å². The van der Waals surface area contributed by atoms with Gasteiger partial charge >= 0.3 is 0 Å². The van der Waals surface area contributed by atoms with Crippen LogP contribution in [0.15, 0.2) is 29.0 Å². The van der Waals surface area contributed by atoms with E-state index in [1.807, 2.05) is 0 Å². The summed E-state index contributed by atoms with van der Waals surface area (Å²) in [5, 5.41) is 13.2. The molecule has 0 bridgehead atoms. The summed E-state index contributed by atoms with van der Waals surface area (Å²) in [5.74, 6) is -0.409. The Morgan fingerprint density at radius 3 is 3.00 bits per heavy atom. The van der Waals surface area contributed by atoms with Gasteiger partial charge in [0.1, 0.15) is 18.7 Å². The van der Waals surface area contributed by atoms with Crippen molar-refractivity contribution in [1.29, 1.82) is 0 Å². The van der Waals surface area contributed by atoms with E-state index in [2.05, 4.69) is 36.8 Å². The topological polar surface area (TPSA) is 72.7 Å². The highest BCUT2D eigenvalue weighted by atomic mass is 79.9. The molecule has 0 aliphatic rings. The van der Waals surface area contributed by atoms with Crippen LogP contribution in [0.2, 0.25) is 0 Å². The summed E-state index contributed by atoms with van der Waals surface area (Å²) in [7, 11) is 0. The van der Waals surface area contributed by atoms with Gasteiger partial charge in [-0.1, -0.05) is 22.0 Å². The van der Waals surface area contributed by atoms with Crippen molar-refractivity contribution in [3.63, 3.8) is 0 Å². The molecule has 1 amide bonds. The van der Waals surface area contributed by atoms with Crippen molar-refractivity contribution in [2.24, 2.45) is 0 Å². The summed E-state index contributed by atoms with van der Waals surface area (Å²) < 4.78 is 15.6. The van der Waals surface area contributed by atoms with Gasteiger partial charge in [0, 0.05) is 11.0 Å². The molecule has 1 N–H and O–H groups in total. The van der Waals surface area contributed by atoms with Crippen molar-refractivity contribution in [3.8, 4) is 0 Å². The van der Waals surface area contributed by atoms with Gasteiger partial charge in [0.2, 0.25) is 5.91 Å². The van der Waals surface area contributed by atoms with E-state index in [9.17, 15) is 9.18 Å². The zero-order valence-corrected chi connectivity index (χ0v) is 12.2. The van der Waals surface area contributed by atoms with Gasteiger partial charge in [-0.25, -0.2) is 9.07 Å². The normalized spacial score (nSPS) is 10.5. The molecular formula is C12H13BrFN5O. The Morgan fingerprint density at radius 2 is 2.30 bits per heavy atom. The highest BCUT2D eigenvalue weighted by molar-refractivity contribution is 9.10. The average molecular weight is 342 g/mol. The first-order valence-corrected chi connectivity index (χ1v) is 6.86. The second kappa shape index (κ2) is 7.09. The van der Waals surface area contributed by atoms with Crippen LogP contribution in [0.25, 0.3) is 0 Å². The molecule has 106 valence electrons. The number of aromatic nitrogens is 4. The summed E-state index contributed by atoms with van der Waals surface area (Å²) in [5.41, 5.74) is 0.642. The van der Waals surface area contributed by atoms with Gasteiger partial charge in [0.15, 0.2) is 0 Å². The number of tetrazole rings is 1. The van der Waals surface area contributed by atoms with Crippen LogP contribution >= 0.6 is 15.9 Å². The number of benzene rings is 1. The summed E-state index contributed by atoms with van der Waals surface area (Å²) in [4.78, 5) is 11.5. The Morgan fingerprint density at radius 1 is 1.45 bits per heavy atom. The number of carbonyl (C=O) groups excluding carboxylic acids is 1. The highest BCUT2D eigenvalue weighted by Crippen LogP contribution is 2.16. The van der Waals surface area contributed by atoms with Gasteiger partial charge in [-0.15, -0.1) is 5.10 Å². The summed E-state index contributed by atoms with van der Waals surface area (Å²) in [6.07, 6.45) is 2.61. The quantitative estimate of drug-likeness (QED) is 0.804. The molecule has 0 aliphatic carbocycles. The third-order valence-corrected chi connectivity index (χ3v) is 3.15. The van der Waals surface area contributed by atoms with Crippen LogP contribution in [0.4, 0.5) is 4.39 Å². The van der Waals surface area contributed by atoms with E-state index in [1.54, 1.807) is 12.1 Å². The van der Waals surface area contributed by atoms with E-state index >= 15 is 0 Å². The van der Waals surface area contributed by atoms with Crippen molar-refractivity contribution in [1.82, 2.24) is 25.5 Å². The molecule has 0 unspecified atom stereocenters. The predicted molar refractivity (Wildman–Crippen MR) is 73.2 cm³/mol. The molecule has 1 heterocycles. The Labute approximate surface area is 123 Å². The number of aryl methyl sites for hydroxylation is 1. The first-order chi connectivity index (χ1) is 9.65. The lowest BCUT2D eigenvalue weighted by Gasteiger charge is -2.06. The zero-order chi connectivity index (χ0) is 14.4. The Bertz CT molecular complexity index is 575. The fraction of sp³-hybridized carbons (Fsp3) is 0.333. The van der Waals surface area contributed by atoms with Crippen LogP contribution in [-0.2, 0) is 17.8 Å². The Kier molecular flexibility index (Phi) is 5.16. The molecule has 20 heavy (non-hydrogen) atoms. The molecule has 0 aliphatic heterocycles. The van der Waals surface area contributed by atoms with E-state index in [0.717, 1.165) is 0 Å². The average Bonchev–Trinajstić information content (AvgIpc) is 2.89. The van der Waals surface area contributed by atoms with E-state index in [-0.39, 0.29) is 18.3 Å². The Hall–Kier alpha value is -1.83. The molecule has 0 spiro atoms. The standard InChI is InChI=1S/C12H13BrFN5O/c13-10-4-3-9(11(14)6-10)2-1-5-15-12(20)7-19-8-16-17-18-19/h3-4,6,8H,1-2,5,7H2,(H,15,20). The highest BCUT2D eigenvalue weighted by Gasteiger charge is 2.05. The molecule has 0 saturated heterocycles. The maximum atomic E-state index is 13.5. The molecule has 8 heteroatoms. The summed E-state index contributed by atoms with van der Waals surface area (Å²) in [6.45, 7) is 0.566. The van der Waals surface area contributed by atoms with Gasteiger partial charge in [-0.05, 0) is 41.0 Å². The van der Waals surface area contributed by atoms with E-state index < -0.39 is 0 Å². The van der Waals surface area contributed by atoms with Gasteiger partial charge in [-0.3, -0.25) is 4.79 Å². The van der Waals surface area contributed by atoms with E-state index in [0.29, 0.717) is 29.4 Å². The molecular weight excluding hydrogens is 329 g/mol. The number of halogens is 2. The van der Waals surface area contributed by atoms with Crippen molar-refractivity contribution in [2.45, 2.75) is 19.4 Å². The third-order valence-electron chi connectivity index (χ3n) is 2.66. The molecule has 0 saturated carbocycles. The maximum absolute atomic E-state index is 13.5. The van der Waals surface area contributed by atoms with Crippen LogP contribution < -0.4 is 5.32 Å². The van der Waals surface area contributed by atoms with Crippen molar-refractivity contribution >= 4 is 21.8 Å². The molecule has 0 radical (unpaired) electrons. The van der Waals surface area contributed by atoms with Gasteiger partial charge in [-0.2, -0.15) is 0 Å². The SMILES string of the molecule is O=C(Cn1cnnn1)NCCCc1ccc(Br)cc1F. The zero-order valence-electron chi connectivity index (χ0n) is 10.6. The molecule has 0 atom stereocenters. The molecule has 0 fully saturated rings. The van der Waals surface area contributed by atoms with Crippen LogP contribution in [0, 0.1) is 5.82 Å². The Balaban J connectivity index is 1.69. The van der Waals surface area contributed by atoms with E-state index in [4.69, 9.17) is 0 Å². The smallest absolute Gasteiger partial charge is 0.241 e. The number of amides is 1. The first-order valence-electron chi connectivity index (χ1n) is 6.06. The number of nitrogens with zero attached hydrogens (tertiary/aromatic N) is 4. The fourth-order valence-electron chi connectivity index (χ4n) is 1.69. The molecule has 1 aromatic heterocycles. The summed E-state index contributed by atoms with van der Waals surface area (Å²) >= 11 is 3.21. The number of hydrogen-bond acceptors (Lipinski definition) is 4. The van der Waals surface area contributed by atoms with Gasteiger partial charge < -0.3 is 5.32 Å². The predicted octanol–water partition coefficient (Wildman–Crippen LogP) is 1.32. The van der Waals surface area contributed by atoms with Crippen LogP contribution in [0.3, 0.4) is 0 Å². The third kappa shape index (κ3) is 4.37. The minimum absolute atomic E-state index is 0.0830. The van der Waals surface area contributed by atoms with Crippen molar-refractivity contribution in [3.05, 3.63) is 40.4 Å². The minimum Gasteiger partial charge on any atom is -0.354 e. The summed E-state index contributed by atoms with van der Waals surface area (Å²) in [6, 6.07) is 4.97. The molecule has 1 aromatic carbocycles. The fourth-order valence-corrected chi connectivity index (χ4v) is 2.02. The van der Waals surface area contributed by atoms with Crippen LogP contribution in [0.5, 0.6) is 0 Å². The van der Waals surface area contributed by atoms with Crippen molar-refractivity contribution < 1.29 is 9.18 Å². The minimum atomic E-state index is -0.237. The second-order valence-corrected chi connectivity index (χ2v) is 5.11. The van der Waals surface area contributed by atoms with Gasteiger partial charge in [0.25, 0.3) is 0 Å².